The second-order valence-corrected chi connectivity index (χ2v) is 5.76. The molecule has 2 rings (SSSR count). The third-order valence-corrected chi connectivity index (χ3v) is 3.45. The normalized spacial score (nSPS) is 10.5. The van der Waals surface area contributed by atoms with Gasteiger partial charge in [0.25, 0.3) is 0 Å². The van der Waals surface area contributed by atoms with Gasteiger partial charge in [0, 0.05) is 4.47 Å². The van der Waals surface area contributed by atoms with Crippen molar-refractivity contribution < 1.29 is 19.4 Å². The molecule has 0 unspecified atom stereocenters. The van der Waals surface area contributed by atoms with Crippen LogP contribution in [0.15, 0.2) is 58.1 Å². The fraction of sp³-hybridized carbons (Fsp3) is 0.118. The van der Waals surface area contributed by atoms with E-state index in [9.17, 15) is 9.59 Å². The van der Waals surface area contributed by atoms with Crippen molar-refractivity contribution in [3.8, 4) is 5.75 Å². The first-order valence-corrected chi connectivity index (χ1v) is 7.83. The molecule has 0 aliphatic carbocycles. The van der Waals surface area contributed by atoms with Gasteiger partial charge in [0.15, 0.2) is 6.61 Å². The summed E-state index contributed by atoms with van der Waals surface area (Å²) in [5, 5.41) is 12.4. The number of amides is 1. The van der Waals surface area contributed by atoms with Crippen molar-refractivity contribution in [3.05, 3.63) is 64.1 Å². The lowest BCUT2D eigenvalue weighted by Crippen LogP contribution is -2.19. The van der Waals surface area contributed by atoms with Crippen LogP contribution in [0.25, 0.3) is 0 Å². The van der Waals surface area contributed by atoms with Crippen LogP contribution in [0.5, 0.6) is 5.75 Å². The quantitative estimate of drug-likeness (QED) is 0.561. The van der Waals surface area contributed by atoms with Gasteiger partial charge in [0.05, 0.1) is 12.6 Å². The SMILES string of the molecule is O=C(O)COc1ccc(/C=N\NC(=O)Cc2ccc(Br)cc2)cc1. The molecule has 2 aromatic rings. The van der Waals surface area contributed by atoms with Crippen molar-refractivity contribution in [1.82, 2.24) is 5.43 Å². The summed E-state index contributed by atoms with van der Waals surface area (Å²) in [6, 6.07) is 14.2. The van der Waals surface area contributed by atoms with Crippen molar-refractivity contribution in [3.63, 3.8) is 0 Å². The number of ether oxygens (including phenoxy) is 1. The standard InChI is InChI=1S/C17H15BrN2O4/c18-14-5-1-12(2-6-14)9-16(21)20-19-10-13-3-7-15(8-4-13)24-11-17(22)23/h1-8,10H,9,11H2,(H,20,21)(H,22,23)/b19-10-. The molecule has 0 saturated carbocycles. The highest BCUT2D eigenvalue weighted by Gasteiger charge is 2.02. The summed E-state index contributed by atoms with van der Waals surface area (Å²) >= 11 is 3.34. The fourth-order valence-corrected chi connectivity index (χ4v) is 2.07. The number of carbonyl (C=O) groups is 2. The number of nitrogens with zero attached hydrogens (tertiary/aromatic N) is 1. The van der Waals surface area contributed by atoms with Crippen LogP contribution < -0.4 is 10.2 Å². The van der Waals surface area contributed by atoms with Gasteiger partial charge in [-0.2, -0.15) is 5.10 Å². The Labute approximate surface area is 147 Å². The second-order valence-electron chi connectivity index (χ2n) is 4.85. The lowest BCUT2D eigenvalue weighted by atomic mass is 10.1. The molecule has 0 radical (unpaired) electrons. The number of rotatable bonds is 7. The Morgan fingerprint density at radius 3 is 2.42 bits per heavy atom. The third-order valence-electron chi connectivity index (χ3n) is 2.92. The summed E-state index contributed by atoms with van der Waals surface area (Å²) in [5.74, 6) is -0.794. The van der Waals surface area contributed by atoms with E-state index in [-0.39, 0.29) is 18.9 Å². The van der Waals surface area contributed by atoms with Gasteiger partial charge in [0.2, 0.25) is 5.91 Å². The Morgan fingerprint density at radius 1 is 1.12 bits per heavy atom. The van der Waals surface area contributed by atoms with Crippen LogP contribution in [0.4, 0.5) is 0 Å². The number of carbonyl (C=O) groups excluding carboxylic acids is 1. The molecule has 2 aromatic carbocycles. The van der Waals surface area contributed by atoms with Gasteiger partial charge in [-0.25, -0.2) is 10.2 Å². The summed E-state index contributed by atoms with van der Waals surface area (Å²) in [6.45, 7) is -0.389. The van der Waals surface area contributed by atoms with Crippen LogP contribution >= 0.6 is 15.9 Å². The van der Waals surface area contributed by atoms with Crippen molar-refractivity contribution in [1.29, 1.82) is 0 Å². The van der Waals surface area contributed by atoms with Gasteiger partial charge >= 0.3 is 5.97 Å². The van der Waals surface area contributed by atoms with Gasteiger partial charge in [0.1, 0.15) is 5.75 Å². The van der Waals surface area contributed by atoms with Crippen molar-refractivity contribution in [2.75, 3.05) is 6.61 Å². The highest BCUT2D eigenvalue weighted by atomic mass is 79.9. The molecule has 0 heterocycles. The summed E-state index contributed by atoms with van der Waals surface area (Å²) < 4.78 is 5.98. The Morgan fingerprint density at radius 2 is 1.79 bits per heavy atom. The first-order chi connectivity index (χ1) is 11.5. The summed E-state index contributed by atoms with van der Waals surface area (Å²) in [7, 11) is 0. The van der Waals surface area contributed by atoms with Crippen LogP contribution in [-0.4, -0.2) is 29.8 Å². The topological polar surface area (TPSA) is 88.0 Å². The molecule has 0 bridgehead atoms. The van der Waals surface area contributed by atoms with E-state index in [1.165, 1.54) is 6.21 Å². The zero-order chi connectivity index (χ0) is 17.4. The van der Waals surface area contributed by atoms with Crippen molar-refractivity contribution in [2.45, 2.75) is 6.42 Å². The van der Waals surface area contributed by atoms with Crippen LogP contribution in [0.3, 0.4) is 0 Å². The average Bonchev–Trinajstić information content (AvgIpc) is 2.56. The van der Waals surface area contributed by atoms with Crippen LogP contribution in [0, 0.1) is 0 Å². The molecule has 2 N–H and O–H groups in total. The minimum absolute atomic E-state index is 0.213. The van der Waals surface area contributed by atoms with E-state index >= 15 is 0 Å². The van der Waals surface area contributed by atoms with E-state index in [0.29, 0.717) is 5.75 Å². The molecule has 7 heteroatoms. The molecule has 0 spiro atoms. The maximum atomic E-state index is 11.8. The Hall–Kier alpha value is -2.67. The average molecular weight is 391 g/mol. The lowest BCUT2D eigenvalue weighted by Gasteiger charge is -2.03. The number of halogens is 1. The van der Waals surface area contributed by atoms with Gasteiger partial charge in [-0.1, -0.05) is 28.1 Å². The highest BCUT2D eigenvalue weighted by Crippen LogP contribution is 2.11. The Bertz CT molecular complexity index is 727. The van der Waals surface area contributed by atoms with Crippen LogP contribution in [0.1, 0.15) is 11.1 Å². The molecule has 0 aromatic heterocycles. The maximum Gasteiger partial charge on any atom is 0.341 e. The van der Waals surface area contributed by atoms with Crippen molar-refractivity contribution in [2.24, 2.45) is 5.10 Å². The number of hydrogen-bond donors (Lipinski definition) is 2. The minimum atomic E-state index is -1.03. The second kappa shape index (κ2) is 8.83. The molecule has 6 nitrogen and oxygen atoms in total. The largest absolute Gasteiger partial charge is 0.482 e. The van der Waals surface area contributed by atoms with Gasteiger partial charge in [-0.3, -0.25) is 4.79 Å². The summed E-state index contributed by atoms with van der Waals surface area (Å²) in [4.78, 5) is 22.2. The number of hydrazone groups is 1. The maximum absolute atomic E-state index is 11.8. The molecule has 0 aliphatic rings. The third kappa shape index (κ3) is 6.21. The van der Waals surface area contributed by atoms with Gasteiger partial charge in [-0.05, 0) is 47.5 Å². The number of carboxylic acid groups (broad SMARTS) is 1. The Kier molecular flexibility index (Phi) is 6.51. The number of benzene rings is 2. The molecular weight excluding hydrogens is 376 g/mol. The monoisotopic (exact) mass is 390 g/mol. The molecule has 0 fully saturated rings. The minimum Gasteiger partial charge on any atom is -0.482 e. The molecule has 24 heavy (non-hydrogen) atoms. The summed E-state index contributed by atoms with van der Waals surface area (Å²) in [6.07, 6.45) is 1.74. The zero-order valence-electron chi connectivity index (χ0n) is 12.6. The summed E-state index contributed by atoms with van der Waals surface area (Å²) in [5.41, 5.74) is 4.10. The van der Waals surface area contributed by atoms with Gasteiger partial charge < -0.3 is 9.84 Å². The van der Waals surface area contributed by atoms with E-state index in [2.05, 4.69) is 26.5 Å². The predicted octanol–water partition coefficient (Wildman–Crippen LogP) is 2.61. The molecule has 1 amide bonds. The molecule has 0 atom stereocenters. The predicted molar refractivity (Wildman–Crippen MR) is 93.2 cm³/mol. The lowest BCUT2D eigenvalue weighted by molar-refractivity contribution is -0.139. The molecule has 0 aliphatic heterocycles. The first-order valence-electron chi connectivity index (χ1n) is 7.04. The number of carboxylic acids is 1. The Balaban J connectivity index is 1.81. The van der Waals surface area contributed by atoms with E-state index < -0.39 is 5.97 Å². The zero-order valence-corrected chi connectivity index (χ0v) is 14.2. The van der Waals surface area contributed by atoms with Crippen LogP contribution in [0.2, 0.25) is 0 Å². The number of aliphatic carboxylic acids is 1. The molecule has 124 valence electrons. The fourth-order valence-electron chi connectivity index (χ4n) is 1.80. The highest BCUT2D eigenvalue weighted by molar-refractivity contribution is 9.10. The number of hydrogen-bond acceptors (Lipinski definition) is 4. The van der Waals surface area contributed by atoms with E-state index in [4.69, 9.17) is 9.84 Å². The number of nitrogens with one attached hydrogen (secondary N) is 1. The van der Waals surface area contributed by atoms with E-state index in [0.717, 1.165) is 15.6 Å². The molecular formula is C17H15BrN2O4. The van der Waals surface area contributed by atoms with Crippen molar-refractivity contribution >= 4 is 34.0 Å². The smallest absolute Gasteiger partial charge is 0.341 e. The van der Waals surface area contributed by atoms with Crippen LogP contribution in [-0.2, 0) is 16.0 Å². The first kappa shape index (κ1) is 17.7. The van der Waals surface area contributed by atoms with Gasteiger partial charge in [-0.15, -0.1) is 0 Å². The van der Waals surface area contributed by atoms with E-state index in [1.54, 1.807) is 24.3 Å². The molecule has 0 saturated heterocycles. The van der Waals surface area contributed by atoms with E-state index in [1.807, 2.05) is 24.3 Å².